The summed E-state index contributed by atoms with van der Waals surface area (Å²) in [6.45, 7) is 3.41. The van der Waals surface area contributed by atoms with Crippen molar-refractivity contribution in [3.63, 3.8) is 0 Å². The Morgan fingerprint density at radius 1 is 1.56 bits per heavy atom. The van der Waals surface area contributed by atoms with Crippen LogP contribution in [0, 0.1) is 6.92 Å². The Labute approximate surface area is 95.6 Å². The number of hydrogen-bond acceptors (Lipinski definition) is 5. The van der Waals surface area contributed by atoms with Crippen LogP contribution in [-0.4, -0.2) is 42.3 Å². The van der Waals surface area contributed by atoms with Crippen LogP contribution < -0.4 is 10.6 Å². The number of nitrogens with zero attached hydrogens (tertiary/aromatic N) is 3. The molecular weight excluding hydrogens is 204 g/mol. The van der Waals surface area contributed by atoms with Gasteiger partial charge in [0.05, 0.1) is 18.0 Å². The van der Waals surface area contributed by atoms with Gasteiger partial charge in [0.1, 0.15) is 5.82 Å². The van der Waals surface area contributed by atoms with Crippen LogP contribution in [0.15, 0.2) is 12.4 Å². The summed E-state index contributed by atoms with van der Waals surface area (Å²) < 4.78 is 5.38. The van der Waals surface area contributed by atoms with E-state index in [4.69, 9.17) is 10.5 Å². The molecule has 5 nitrogen and oxygen atoms in total. The van der Waals surface area contributed by atoms with Gasteiger partial charge in [0.2, 0.25) is 0 Å². The Morgan fingerprint density at radius 3 is 3.00 bits per heavy atom. The molecule has 0 aromatic carbocycles. The van der Waals surface area contributed by atoms with Crippen LogP contribution in [0.5, 0.6) is 0 Å². The fraction of sp³-hybridized carbons (Fsp3) is 0.636. The summed E-state index contributed by atoms with van der Waals surface area (Å²) in [7, 11) is 1.74. The summed E-state index contributed by atoms with van der Waals surface area (Å²) in [5.41, 5.74) is 6.70. The Hall–Kier alpha value is -1.20. The van der Waals surface area contributed by atoms with Crippen LogP contribution in [0.3, 0.4) is 0 Å². The largest absolute Gasteiger partial charge is 0.380 e. The van der Waals surface area contributed by atoms with Gasteiger partial charge in [0.25, 0.3) is 0 Å². The fourth-order valence-corrected chi connectivity index (χ4v) is 2.14. The first-order valence-corrected chi connectivity index (χ1v) is 5.52. The second-order valence-corrected chi connectivity index (χ2v) is 4.15. The first-order chi connectivity index (χ1) is 7.74. The van der Waals surface area contributed by atoms with E-state index < -0.39 is 0 Å². The zero-order valence-corrected chi connectivity index (χ0v) is 9.76. The van der Waals surface area contributed by atoms with Crippen molar-refractivity contribution in [2.24, 2.45) is 5.73 Å². The van der Waals surface area contributed by atoms with Crippen LogP contribution in [0.1, 0.15) is 12.1 Å². The normalized spacial score (nSPS) is 25.1. The van der Waals surface area contributed by atoms with Crippen LogP contribution in [0.25, 0.3) is 0 Å². The van der Waals surface area contributed by atoms with E-state index in [1.807, 2.05) is 6.92 Å². The number of ether oxygens (including phenoxy) is 1. The average molecular weight is 222 g/mol. The second-order valence-electron chi connectivity index (χ2n) is 4.15. The quantitative estimate of drug-likeness (QED) is 0.799. The molecule has 1 aliphatic rings. The Morgan fingerprint density at radius 2 is 2.38 bits per heavy atom. The minimum atomic E-state index is 0.246. The van der Waals surface area contributed by atoms with Gasteiger partial charge < -0.3 is 15.4 Å². The summed E-state index contributed by atoms with van der Waals surface area (Å²) in [6, 6.07) is 0.307. The standard InChI is InChI=1S/C11H18N4O/c1-8-5-13-6-11(14-8)15-7-10(16-2)3-9(15)4-12/h5-6,9-10H,3-4,7,12H2,1-2H3/t9-,10-/m1/s1. The highest BCUT2D eigenvalue weighted by Crippen LogP contribution is 2.24. The molecule has 88 valence electrons. The van der Waals surface area contributed by atoms with Gasteiger partial charge in [-0.1, -0.05) is 0 Å². The fourth-order valence-electron chi connectivity index (χ4n) is 2.14. The maximum absolute atomic E-state index is 5.77. The third-order valence-corrected chi connectivity index (χ3v) is 3.02. The van der Waals surface area contributed by atoms with E-state index in [2.05, 4.69) is 14.9 Å². The van der Waals surface area contributed by atoms with Gasteiger partial charge >= 0.3 is 0 Å². The lowest BCUT2D eigenvalue weighted by atomic mass is 10.2. The molecule has 1 aliphatic heterocycles. The summed E-state index contributed by atoms with van der Waals surface area (Å²) in [4.78, 5) is 10.8. The molecule has 1 aromatic heterocycles. The van der Waals surface area contributed by atoms with Gasteiger partial charge in [-0.2, -0.15) is 0 Å². The van der Waals surface area contributed by atoms with E-state index in [-0.39, 0.29) is 6.10 Å². The van der Waals surface area contributed by atoms with E-state index in [1.54, 1.807) is 19.5 Å². The lowest BCUT2D eigenvalue weighted by Crippen LogP contribution is -2.36. The number of nitrogens with two attached hydrogens (primary N) is 1. The average Bonchev–Trinajstić information content (AvgIpc) is 2.72. The molecule has 1 saturated heterocycles. The van der Waals surface area contributed by atoms with Crippen molar-refractivity contribution in [2.45, 2.75) is 25.5 Å². The van der Waals surface area contributed by atoms with E-state index in [0.29, 0.717) is 12.6 Å². The Kier molecular flexibility index (Phi) is 3.36. The second kappa shape index (κ2) is 4.76. The highest BCUT2D eigenvalue weighted by atomic mass is 16.5. The smallest absolute Gasteiger partial charge is 0.147 e. The number of anilines is 1. The number of hydrogen-bond donors (Lipinski definition) is 1. The topological polar surface area (TPSA) is 64.3 Å². The zero-order valence-electron chi connectivity index (χ0n) is 9.76. The van der Waals surface area contributed by atoms with Crippen molar-refractivity contribution in [3.8, 4) is 0 Å². The number of aromatic nitrogens is 2. The lowest BCUT2D eigenvalue weighted by molar-refractivity contribution is 0.118. The summed E-state index contributed by atoms with van der Waals surface area (Å²) in [6.07, 6.45) is 4.75. The van der Waals surface area contributed by atoms with Gasteiger partial charge in [-0.05, 0) is 13.3 Å². The molecule has 0 saturated carbocycles. The molecule has 0 spiro atoms. The third kappa shape index (κ3) is 2.15. The molecule has 16 heavy (non-hydrogen) atoms. The van der Waals surface area contributed by atoms with Crippen LogP contribution in [0.4, 0.5) is 5.82 Å². The van der Waals surface area contributed by atoms with Crippen LogP contribution in [-0.2, 0) is 4.74 Å². The Balaban J connectivity index is 2.19. The van der Waals surface area contributed by atoms with Gasteiger partial charge in [-0.3, -0.25) is 4.98 Å². The highest BCUT2D eigenvalue weighted by molar-refractivity contribution is 5.40. The summed E-state index contributed by atoms with van der Waals surface area (Å²) in [5.74, 6) is 0.898. The van der Waals surface area contributed by atoms with Crippen LogP contribution in [0.2, 0.25) is 0 Å². The first kappa shape index (κ1) is 11.3. The summed E-state index contributed by atoms with van der Waals surface area (Å²) in [5, 5.41) is 0. The molecule has 2 N–H and O–H groups in total. The number of methoxy groups -OCH3 is 1. The first-order valence-electron chi connectivity index (χ1n) is 5.52. The molecule has 0 unspecified atom stereocenters. The van der Waals surface area contributed by atoms with Crippen molar-refractivity contribution in [1.29, 1.82) is 0 Å². The molecule has 2 heterocycles. The van der Waals surface area contributed by atoms with Gasteiger partial charge in [-0.15, -0.1) is 0 Å². The van der Waals surface area contributed by atoms with E-state index in [9.17, 15) is 0 Å². The molecule has 0 bridgehead atoms. The van der Waals surface area contributed by atoms with Crippen LogP contribution >= 0.6 is 0 Å². The van der Waals surface area contributed by atoms with E-state index >= 15 is 0 Å². The van der Waals surface area contributed by atoms with E-state index in [1.165, 1.54) is 0 Å². The monoisotopic (exact) mass is 222 g/mol. The van der Waals surface area contributed by atoms with Crippen molar-refractivity contribution >= 4 is 5.82 Å². The Bertz CT molecular complexity index is 358. The predicted molar refractivity (Wildman–Crippen MR) is 62.4 cm³/mol. The highest BCUT2D eigenvalue weighted by Gasteiger charge is 2.32. The minimum Gasteiger partial charge on any atom is -0.380 e. The predicted octanol–water partition coefficient (Wildman–Crippen LogP) is 0.337. The maximum atomic E-state index is 5.77. The van der Waals surface area contributed by atoms with E-state index in [0.717, 1.165) is 24.5 Å². The van der Waals surface area contributed by atoms with Gasteiger partial charge in [-0.25, -0.2) is 4.98 Å². The number of aryl methyl sites for hydroxylation is 1. The van der Waals surface area contributed by atoms with Gasteiger partial charge in [0.15, 0.2) is 0 Å². The summed E-state index contributed by atoms with van der Waals surface area (Å²) >= 11 is 0. The third-order valence-electron chi connectivity index (χ3n) is 3.02. The van der Waals surface area contributed by atoms with Crippen molar-refractivity contribution in [3.05, 3.63) is 18.1 Å². The minimum absolute atomic E-state index is 0.246. The maximum Gasteiger partial charge on any atom is 0.147 e. The molecule has 0 radical (unpaired) electrons. The van der Waals surface area contributed by atoms with Gasteiger partial charge in [0, 0.05) is 32.4 Å². The zero-order chi connectivity index (χ0) is 11.5. The van der Waals surface area contributed by atoms with Crippen molar-refractivity contribution in [2.75, 3.05) is 25.1 Å². The molecule has 2 rings (SSSR count). The lowest BCUT2D eigenvalue weighted by Gasteiger charge is -2.23. The molecule has 0 aliphatic carbocycles. The molecule has 1 aromatic rings. The molecule has 0 amide bonds. The molecule has 2 atom stereocenters. The molecule has 1 fully saturated rings. The number of rotatable bonds is 3. The molecular formula is C11H18N4O. The van der Waals surface area contributed by atoms with Crippen molar-refractivity contribution in [1.82, 2.24) is 9.97 Å². The molecule has 5 heteroatoms. The van der Waals surface area contributed by atoms with Crippen molar-refractivity contribution < 1.29 is 4.74 Å². The SMILES string of the molecule is CO[C@@H]1C[C@H](CN)N(c2cncc(C)n2)C1.